The van der Waals surface area contributed by atoms with Crippen molar-refractivity contribution in [2.24, 2.45) is 0 Å². The summed E-state index contributed by atoms with van der Waals surface area (Å²) < 4.78 is 0. The van der Waals surface area contributed by atoms with Crippen LogP contribution in [0.1, 0.15) is 12.8 Å². The van der Waals surface area contributed by atoms with Gasteiger partial charge in [0.25, 0.3) is 0 Å². The molecule has 2 aromatic rings. The molecule has 0 aliphatic carbocycles. The number of carbonyl (C=O) groups is 2. The van der Waals surface area contributed by atoms with Crippen LogP contribution in [0.25, 0.3) is 0 Å². The first-order chi connectivity index (χ1) is 11.6. The molecule has 0 bridgehead atoms. The van der Waals surface area contributed by atoms with Crippen LogP contribution in [0, 0.1) is 0 Å². The number of nitrogens with zero attached hydrogens (tertiary/aromatic N) is 2. The number of nitrogens with one attached hydrogen (secondary N) is 1. The number of thioether (sulfide) groups is 1. The average Bonchev–Trinajstić information content (AvgIpc) is 3.00. The van der Waals surface area contributed by atoms with E-state index in [2.05, 4.69) is 10.3 Å². The number of amides is 2. The van der Waals surface area contributed by atoms with Crippen molar-refractivity contribution in [1.82, 2.24) is 4.98 Å². The van der Waals surface area contributed by atoms with Crippen molar-refractivity contribution in [3.8, 4) is 0 Å². The molecule has 0 atom stereocenters. The number of hydrogen-bond donors (Lipinski definition) is 1. The fourth-order valence-corrected chi connectivity index (χ4v) is 3.48. The first kappa shape index (κ1) is 16.8. The summed E-state index contributed by atoms with van der Waals surface area (Å²) in [7, 11) is 0. The highest BCUT2D eigenvalue weighted by Gasteiger charge is 2.24. The fourth-order valence-electron chi connectivity index (χ4n) is 2.52. The Balaban J connectivity index is 1.66. The van der Waals surface area contributed by atoms with Gasteiger partial charge in [0.1, 0.15) is 5.03 Å². The maximum atomic E-state index is 12.2. The number of carbonyl (C=O) groups excluding carboxylic acids is 2. The zero-order valence-electron chi connectivity index (χ0n) is 12.9. The van der Waals surface area contributed by atoms with Crippen LogP contribution in [0.2, 0.25) is 5.02 Å². The molecule has 1 aromatic carbocycles. The molecule has 2 amide bonds. The van der Waals surface area contributed by atoms with Crippen molar-refractivity contribution < 1.29 is 9.59 Å². The summed E-state index contributed by atoms with van der Waals surface area (Å²) in [5, 5.41) is 4.02. The normalized spacial score (nSPS) is 14.0. The van der Waals surface area contributed by atoms with Gasteiger partial charge in [-0.25, -0.2) is 4.98 Å². The highest BCUT2D eigenvalue weighted by Crippen LogP contribution is 2.30. The number of aromatic nitrogens is 1. The highest BCUT2D eigenvalue weighted by atomic mass is 35.5. The molecule has 1 aliphatic heterocycles. The summed E-state index contributed by atoms with van der Waals surface area (Å²) >= 11 is 7.31. The Morgan fingerprint density at radius 3 is 2.88 bits per heavy atom. The molecule has 7 heteroatoms. The van der Waals surface area contributed by atoms with Crippen LogP contribution in [-0.2, 0) is 9.59 Å². The van der Waals surface area contributed by atoms with E-state index in [1.165, 1.54) is 11.8 Å². The van der Waals surface area contributed by atoms with Gasteiger partial charge in [0, 0.05) is 19.2 Å². The second-order valence-corrected chi connectivity index (χ2v) is 6.66. The molecular weight excluding hydrogens is 346 g/mol. The fraction of sp³-hybridized carbons (Fsp3) is 0.235. The first-order valence-electron chi connectivity index (χ1n) is 7.58. The van der Waals surface area contributed by atoms with Gasteiger partial charge < -0.3 is 10.2 Å². The van der Waals surface area contributed by atoms with Crippen molar-refractivity contribution >= 4 is 46.6 Å². The summed E-state index contributed by atoms with van der Waals surface area (Å²) in [5.74, 6) is 0.117. The number of halogens is 1. The van der Waals surface area contributed by atoms with Crippen molar-refractivity contribution in [3.05, 3.63) is 47.6 Å². The topological polar surface area (TPSA) is 62.3 Å². The molecule has 1 fully saturated rings. The summed E-state index contributed by atoms with van der Waals surface area (Å²) in [6, 6.07) is 10.8. The molecule has 0 spiro atoms. The number of para-hydroxylation sites is 2. The maximum Gasteiger partial charge on any atom is 0.234 e. The van der Waals surface area contributed by atoms with E-state index in [0.717, 1.165) is 12.1 Å². The smallest absolute Gasteiger partial charge is 0.234 e. The lowest BCUT2D eigenvalue weighted by Crippen LogP contribution is -2.26. The molecule has 1 N–H and O–H groups in total. The zero-order valence-corrected chi connectivity index (χ0v) is 14.4. The maximum absolute atomic E-state index is 12.2. The molecule has 24 heavy (non-hydrogen) atoms. The van der Waals surface area contributed by atoms with Gasteiger partial charge in [-0.1, -0.05) is 35.5 Å². The summed E-state index contributed by atoms with van der Waals surface area (Å²) in [6.45, 7) is 0.685. The number of anilines is 2. The number of benzene rings is 1. The van der Waals surface area contributed by atoms with Crippen LogP contribution in [0.4, 0.5) is 11.4 Å². The van der Waals surface area contributed by atoms with Gasteiger partial charge in [0.05, 0.1) is 22.2 Å². The average molecular weight is 362 g/mol. The van der Waals surface area contributed by atoms with Gasteiger partial charge in [0.15, 0.2) is 0 Å². The zero-order chi connectivity index (χ0) is 16.9. The Labute approximate surface area is 149 Å². The minimum Gasteiger partial charge on any atom is -0.324 e. The number of hydrogen-bond acceptors (Lipinski definition) is 4. The monoisotopic (exact) mass is 361 g/mol. The molecular formula is C17H16ClN3O2S. The molecule has 5 nitrogen and oxygen atoms in total. The van der Waals surface area contributed by atoms with E-state index < -0.39 is 0 Å². The van der Waals surface area contributed by atoms with E-state index in [1.807, 2.05) is 18.2 Å². The summed E-state index contributed by atoms with van der Waals surface area (Å²) in [5.41, 5.74) is 1.39. The minimum atomic E-state index is -0.166. The lowest BCUT2D eigenvalue weighted by Gasteiger charge is -2.19. The lowest BCUT2D eigenvalue weighted by molar-refractivity contribution is -0.117. The quantitative estimate of drug-likeness (QED) is 0.826. The van der Waals surface area contributed by atoms with Crippen LogP contribution in [0.5, 0.6) is 0 Å². The molecule has 2 heterocycles. The second kappa shape index (κ2) is 7.68. The Morgan fingerprint density at radius 2 is 2.12 bits per heavy atom. The van der Waals surface area contributed by atoms with E-state index in [1.54, 1.807) is 29.3 Å². The van der Waals surface area contributed by atoms with E-state index >= 15 is 0 Å². The summed E-state index contributed by atoms with van der Waals surface area (Å²) in [6.07, 6.45) is 3.03. The van der Waals surface area contributed by atoms with Crippen molar-refractivity contribution in [3.63, 3.8) is 0 Å². The van der Waals surface area contributed by atoms with Gasteiger partial charge >= 0.3 is 0 Å². The molecule has 0 radical (unpaired) electrons. The first-order valence-corrected chi connectivity index (χ1v) is 8.94. The summed E-state index contributed by atoms with van der Waals surface area (Å²) in [4.78, 5) is 30.1. The predicted molar refractivity (Wildman–Crippen MR) is 96.6 cm³/mol. The van der Waals surface area contributed by atoms with Gasteiger partial charge in [-0.2, -0.15) is 0 Å². The molecule has 1 aliphatic rings. The molecule has 1 saturated heterocycles. The standard InChI is InChI=1S/C17H16ClN3O2S/c18-12-5-3-9-19-17(12)24-11-15(22)20-13-6-1-2-7-14(13)21-10-4-8-16(21)23/h1-3,5-7,9H,4,8,10-11H2,(H,20,22). The van der Waals surface area contributed by atoms with E-state index in [4.69, 9.17) is 11.6 Å². The third-order valence-electron chi connectivity index (χ3n) is 3.61. The predicted octanol–water partition coefficient (Wildman–Crippen LogP) is 3.59. The van der Waals surface area contributed by atoms with Crippen molar-refractivity contribution in [1.29, 1.82) is 0 Å². The molecule has 1 aromatic heterocycles. The molecule has 3 rings (SSSR count). The largest absolute Gasteiger partial charge is 0.324 e. The lowest BCUT2D eigenvalue weighted by atomic mass is 10.2. The van der Waals surface area contributed by atoms with E-state index in [0.29, 0.717) is 28.7 Å². The number of pyridine rings is 1. The van der Waals surface area contributed by atoms with Gasteiger partial charge in [-0.3, -0.25) is 9.59 Å². The van der Waals surface area contributed by atoms with Crippen molar-refractivity contribution in [2.75, 3.05) is 22.5 Å². The van der Waals surface area contributed by atoms with E-state index in [-0.39, 0.29) is 17.6 Å². The van der Waals surface area contributed by atoms with Crippen LogP contribution in [0.3, 0.4) is 0 Å². The van der Waals surface area contributed by atoms with Crippen molar-refractivity contribution in [2.45, 2.75) is 17.9 Å². The Morgan fingerprint density at radius 1 is 1.29 bits per heavy atom. The Hall–Kier alpha value is -2.05. The second-order valence-electron chi connectivity index (χ2n) is 5.29. The van der Waals surface area contributed by atoms with Gasteiger partial charge in [-0.15, -0.1) is 0 Å². The van der Waals surface area contributed by atoms with Crippen LogP contribution in [0.15, 0.2) is 47.6 Å². The highest BCUT2D eigenvalue weighted by molar-refractivity contribution is 8.00. The number of rotatable bonds is 5. The molecule has 124 valence electrons. The Kier molecular flexibility index (Phi) is 5.37. The van der Waals surface area contributed by atoms with Crippen LogP contribution >= 0.6 is 23.4 Å². The third kappa shape index (κ3) is 3.88. The third-order valence-corrected chi connectivity index (χ3v) is 5.03. The SMILES string of the molecule is O=C(CSc1ncccc1Cl)Nc1ccccc1N1CCCC1=O. The minimum absolute atomic E-state index is 0.0892. The van der Waals surface area contributed by atoms with Gasteiger partial charge in [0.2, 0.25) is 11.8 Å². The molecule has 0 unspecified atom stereocenters. The van der Waals surface area contributed by atoms with Gasteiger partial charge in [-0.05, 0) is 30.7 Å². The van der Waals surface area contributed by atoms with E-state index in [9.17, 15) is 9.59 Å². The van der Waals surface area contributed by atoms with Crippen LogP contribution in [-0.4, -0.2) is 29.1 Å². The Bertz CT molecular complexity index is 769. The molecule has 0 saturated carbocycles. The van der Waals surface area contributed by atoms with Crippen LogP contribution < -0.4 is 10.2 Å².